The fourth-order valence-electron chi connectivity index (χ4n) is 2.12. The average Bonchev–Trinajstić information content (AvgIpc) is 2.46. The van der Waals surface area contributed by atoms with Gasteiger partial charge < -0.3 is 5.11 Å². The molecule has 2 aromatic rings. The number of hydrogen-bond acceptors (Lipinski definition) is 2. The van der Waals surface area contributed by atoms with E-state index in [0.717, 1.165) is 18.4 Å². The number of rotatable bonds is 5. The van der Waals surface area contributed by atoms with E-state index in [9.17, 15) is 5.11 Å². The molecule has 2 nitrogen and oxygen atoms in total. The summed E-state index contributed by atoms with van der Waals surface area (Å²) in [7, 11) is 0. The maximum Gasteiger partial charge on any atom is 0.0793 e. The van der Waals surface area contributed by atoms with Gasteiger partial charge in [-0.2, -0.15) is 0 Å². The van der Waals surface area contributed by atoms with Gasteiger partial charge in [0.15, 0.2) is 0 Å². The van der Waals surface area contributed by atoms with Crippen molar-refractivity contribution in [3.05, 3.63) is 65.5 Å². The molecule has 0 saturated carbocycles. The molecule has 1 heterocycles. The van der Waals surface area contributed by atoms with Crippen LogP contribution in [-0.2, 0) is 6.42 Å². The number of aliphatic hydroxyl groups excluding tert-OH is 1. The zero-order chi connectivity index (χ0) is 13.7. The molecule has 0 aliphatic heterocycles. The van der Waals surface area contributed by atoms with E-state index >= 15 is 0 Å². The highest BCUT2D eigenvalue weighted by atomic mass is 16.3. The average molecular weight is 255 g/mol. The maximum atomic E-state index is 10.2. The first-order valence-corrected chi connectivity index (χ1v) is 6.83. The van der Waals surface area contributed by atoms with Gasteiger partial charge >= 0.3 is 0 Å². The van der Waals surface area contributed by atoms with E-state index in [2.05, 4.69) is 31.0 Å². The number of nitrogens with zero attached hydrogens (tertiary/aromatic N) is 1. The molecule has 0 fully saturated rings. The summed E-state index contributed by atoms with van der Waals surface area (Å²) in [4.78, 5) is 4.08. The molecule has 1 N–H and O–H groups in total. The highest BCUT2D eigenvalue weighted by Gasteiger charge is 2.08. The van der Waals surface area contributed by atoms with Gasteiger partial charge in [-0.05, 0) is 41.5 Å². The van der Waals surface area contributed by atoms with Gasteiger partial charge in [0.1, 0.15) is 0 Å². The van der Waals surface area contributed by atoms with Crippen molar-refractivity contribution in [3.63, 3.8) is 0 Å². The van der Waals surface area contributed by atoms with Crippen LogP contribution in [0, 0.1) is 0 Å². The van der Waals surface area contributed by atoms with E-state index in [1.54, 1.807) is 6.20 Å². The molecule has 19 heavy (non-hydrogen) atoms. The third-order valence-electron chi connectivity index (χ3n) is 3.42. The predicted molar refractivity (Wildman–Crippen MR) is 78.0 cm³/mol. The monoisotopic (exact) mass is 255 g/mol. The van der Waals surface area contributed by atoms with Crippen molar-refractivity contribution < 1.29 is 5.11 Å². The summed E-state index contributed by atoms with van der Waals surface area (Å²) < 4.78 is 0. The molecule has 0 aliphatic carbocycles. The van der Waals surface area contributed by atoms with Crippen LogP contribution in [0.3, 0.4) is 0 Å². The van der Waals surface area contributed by atoms with E-state index in [1.165, 1.54) is 11.1 Å². The standard InChI is InChI=1S/C17H21NO/c1-13(2)15-6-8-16(9-7-15)17(19)10-5-14-4-3-11-18-12-14/h3-4,6-9,11-13,17,19H,5,10H2,1-2H3. The lowest BCUT2D eigenvalue weighted by Crippen LogP contribution is -2.00. The van der Waals surface area contributed by atoms with E-state index in [4.69, 9.17) is 0 Å². The summed E-state index contributed by atoms with van der Waals surface area (Å²) in [5.74, 6) is 0.529. The summed E-state index contributed by atoms with van der Waals surface area (Å²) in [6.07, 6.45) is 4.80. The zero-order valence-corrected chi connectivity index (χ0v) is 11.6. The lowest BCUT2D eigenvalue weighted by atomic mass is 9.97. The Bertz CT molecular complexity index is 490. The Morgan fingerprint density at radius 3 is 2.32 bits per heavy atom. The van der Waals surface area contributed by atoms with Crippen LogP contribution in [0.25, 0.3) is 0 Å². The topological polar surface area (TPSA) is 33.1 Å². The third kappa shape index (κ3) is 3.90. The van der Waals surface area contributed by atoms with Crippen molar-refractivity contribution in [3.8, 4) is 0 Å². The molecule has 0 spiro atoms. The minimum Gasteiger partial charge on any atom is -0.388 e. The SMILES string of the molecule is CC(C)c1ccc(C(O)CCc2cccnc2)cc1. The largest absolute Gasteiger partial charge is 0.388 e. The number of benzene rings is 1. The van der Waals surface area contributed by atoms with Gasteiger partial charge in [0.2, 0.25) is 0 Å². The molecule has 1 aromatic heterocycles. The second kappa shape index (κ2) is 6.48. The smallest absolute Gasteiger partial charge is 0.0793 e. The lowest BCUT2D eigenvalue weighted by Gasteiger charge is -2.12. The number of pyridine rings is 1. The van der Waals surface area contributed by atoms with Crippen molar-refractivity contribution >= 4 is 0 Å². The van der Waals surface area contributed by atoms with Crippen LogP contribution >= 0.6 is 0 Å². The number of hydrogen-bond donors (Lipinski definition) is 1. The van der Waals surface area contributed by atoms with Gasteiger partial charge in [-0.25, -0.2) is 0 Å². The Balaban J connectivity index is 1.94. The second-order valence-corrected chi connectivity index (χ2v) is 5.24. The van der Waals surface area contributed by atoms with Crippen LogP contribution in [0.1, 0.15) is 49.0 Å². The van der Waals surface area contributed by atoms with Gasteiger partial charge in [-0.1, -0.05) is 44.2 Å². The number of aliphatic hydroxyl groups is 1. The van der Waals surface area contributed by atoms with Crippen molar-refractivity contribution in [2.75, 3.05) is 0 Å². The first-order valence-electron chi connectivity index (χ1n) is 6.83. The van der Waals surface area contributed by atoms with Crippen LogP contribution in [-0.4, -0.2) is 10.1 Å². The number of aromatic nitrogens is 1. The molecule has 1 atom stereocenters. The maximum absolute atomic E-state index is 10.2. The highest BCUT2D eigenvalue weighted by Crippen LogP contribution is 2.21. The number of aryl methyl sites for hydroxylation is 1. The van der Waals surface area contributed by atoms with E-state index in [-0.39, 0.29) is 0 Å². The van der Waals surface area contributed by atoms with E-state index in [1.807, 2.05) is 30.5 Å². The Hall–Kier alpha value is -1.67. The summed E-state index contributed by atoms with van der Waals surface area (Å²) in [6, 6.07) is 12.2. The Labute approximate surface area is 115 Å². The fraction of sp³-hybridized carbons (Fsp3) is 0.353. The van der Waals surface area contributed by atoms with E-state index in [0.29, 0.717) is 5.92 Å². The van der Waals surface area contributed by atoms with Crippen LogP contribution in [0.2, 0.25) is 0 Å². The first kappa shape index (κ1) is 13.8. The zero-order valence-electron chi connectivity index (χ0n) is 11.6. The van der Waals surface area contributed by atoms with Gasteiger partial charge in [0, 0.05) is 12.4 Å². The van der Waals surface area contributed by atoms with Gasteiger partial charge in [0.25, 0.3) is 0 Å². The fourth-order valence-corrected chi connectivity index (χ4v) is 2.12. The quantitative estimate of drug-likeness (QED) is 0.879. The Kier molecular flexibility index (Phi) is 4.69. The molecule has 100 valence electrons. The normalized spacial score (nSPS) is 12.6. The molecular formula is C17H21NO. The van der Waals surface area contributed by atoms with Crippen molar-refractivity contribution in [1.29, 1.82) is 0 Å². The predicted octanol–water partition coefficient (Wildman–Crippen LogP) is 3.87. The first-order chi connectivity index (χ1) is 9.16. The molecular weight excluding hydrogens is 234 g/mol. The Morgan fingerprint density at radius 2 is 1.74 bits per heavy atom. The molecule has 1 unspecified atom stereocenters. The molecule has 0 amide bonds. The summed E-state index contributed by atoms with van der Waals surface area (Å²) in [6.45, 7) is 4.35. The molecule has 0 aliphatic rings. The van der Waals surface area contributed by atoms with Crippen molar-refractivity contribution in [1.82, 2.24) is 4.98 Å². The molecule has 2 rings (SSSR count). The molecule has 0 bridgehead atoms. The minimum absolute atomic E-state index is 0.401. The molecule has 0 radical (unpaired) electrons. The summed E-state index contributed by atoms with van der Waals surface area (Å²) in [5, 5.41) is 10.2. The molecule has 2 heteroatoms. The van der Waals surface area contributed by atoms with Gasteiger partial charge in [-0.15, -0.1) is 0 Å². The minimum atomic E-state index is -0.401. The Morgan fingerprint density at radius 1 is 1.05 bits per heavy atom. The van der Waals surface area contributed by atoms with Crippen molar-refractivity contribution in [2.45, 2.75) is 38.7 Å². The van der Waals surface area contributed by atoms with Crippen LogP contribution in [0.5, 0.6) is 0 Å². The van der Waals surface area contributed by atoms with Gasteiger partial charge in [0.05, 0.1) is 6.10 Å². The second-order valence-electron chi connectivity index (χ2n) is 5.24. The van der Waals surface area contributed by atoms with Crippen LogP contribution in [0.15, 0.2) is 48.8 Å². The third-order valence-corrected chi connectivity index (χ3v) is 3.42. The summed E-state index contributed by atoms with van der Waals surface area (Å²) >= 11 is 0. The lowest BCUT2D eigenvalue weighted by molar-refractivity contribution is 0.168. The van der Waals surface area contributed by atoms with Crippen LogP contribution < -0.4 is 0 Å². The van der Waals surface area contributed by atoms with E-state index < -0.39 is 6.10 Å². The summed E-state index contributed by atoms with van der Waals surface area (Å²) in [5.41, 5.74) is 3.47. The van der Waals surface area contributed by atoms with Crippen molar-refractivity contribution in [2.24, 2.45) is 0 Å². The molecule has 1 aromatic carbocycles. The molecule has 0 saturated heterocycles. The van der Waals surface area contributed by atoms with Gasteiger partial charge in [-0.3, -0.25) is 4.98 Å². The van der Waals surface area contributed by atoms with Crippen LogP contribution in [0.4, 0.5) is 0 Å². The highest BCUT2D eigenvalue weighted by molar-refractivity contribution is 5.26.